The van der Waals surface area contributed by atoms with Gasteiger partial charge >= 0.3 is 0 Å². The van der Waals surface area contributed by atoms with Gasteiger partial charge in [0.05, 0.1) is 6.07 Å². The van der Waals surface area contributed by atoms with Crippen molar-refractivity contribution in [1.29, 1.82) is 5.26 Å². The summed E-state index contributed by atoms with van der Waals surface area (Å²) in [6.07, 6.45) is 2.00. The van der Waals surface area contributed by atoms with E-state index >= 15 is 0 Å². The fourth-order valence-electron chi connectivity index (χ4n) is 1.75. The summed E-state index contributed by atoms with van der Waals surface area (Å²) >= 11 is 0. The van der Waals surface area contributed by atoms with Crippen LogP contribution in [0.1, 0.15) is 30.9 Å². The Morgan fingerprint density at radius 3 is 2.83 bits per heavy atom. The van der Waals surface area contributed by atoms with E-state index in [9.17, 15) is 9.18 Å². The molecule has 2 N–H and O–H groups in total. The van der Waals surface area contributed by atoms with Gasteiger partial charge in [0.25, 0.3) is 0 Å². The lowest BCUT2D eigenvalue weighted by Gasteiger charge is -2.07. The molecule has 0 heterocycles. The number of aryl methyl sites for hydroxylation is 1. The second-order valence-electron chi connectivity index (χ2n) is 4.48. The lowest BCUT2D eigenvalue weighted by atomic mass is 9.99. The van der Waals surface area contributed by atoms with Crippen molar-refractivity contribution in [2.45, 2.75) is 32.6 Å². The molecular formula is C14H17FN2O. The van der Waals surface area contributed by atoms with Gasteiger partial charge in [0.15, 0.2) is 0 Å². The SMILES string of the molecule is CC(C#N)Cc1ccc(CCCC(N)=O)cc1F. The summed E-state index contributed by atoms with van der Waals surface area (Å²) in [6.45, 7) is 1.76. The van der Waals surface area contributed by atoms with Crippen molar-refractivity contribution < 1.29 is 9.18 Å². The quantitative estimate of drug-likeness (QED) is 0.839. The first-order valence-electron chi connectivity index (χ1n) is 5.98. The van der Waals surface area contributed by atoms with Crippen LogP contribution in [0.4, 0.5) is 4.39 Å². The van der Waals surface area contributed by atoms with E-state index in [1.54, 1.807) is 13.0 Å². The molecule has 96 valence electrons. The van der Waals surface area contributed by atoms with Crippen LogP contribution in [0.25, 0.3) is 0 Å². The van der Waals surface area contributed by atoms with Crippen molar-refractivity contribution in [2.75, 3.05) is 0 Å². The molecular weight excluding hydrogens is 231 g/mol. The number of primary amides is 1. The second kappa shape index (κ2) is 6.75. The minimum absolute atomic E-state index is 0.194. The zero-order valence-electron chi connectivity index (χ0n) is 10.4. The van der Waals surface area contributed by atoms with Crippen molar-refractivity contribution >= 4 is 5.91 Å². The molecule has 3 nitrogen and oxygen atoms in total. The van der Waals surface area contributed by atoms with E-state index in [0.717, 1.165) is 5.56 Å². The van der Waals surface area contributed by atoms with Crippen LogP contribution < -0.4 is 5.73 Å². The number of amides is 1. The molecule has 0 radical (unpaired) electrons. The van der Waals surface area contributed by atoms with Gasteiger partial charge in [-0.3, -0.25) is 4.79 Å². The van der Waals surface area contributed by atoms with Crippen LogP contribution in [0.2, 0.25) is 0 Å². The molecule has 0 aliphatic carbocycles. The van der Waals surface area contributed by atoms with Crippen LogP contribution in [0, 0.1) is 23.1 Å². The van der Waals surface area contributed by atoms with Gasteiger partial charge < -0.3 is 5.73 Å². The maximum atomic E-state index is 13.7. The number of benzene rings is 1. The Balaban J connectivity index is 2.62. The van der Waals surface area contributed by atoms with Crippen LogP contribution in [0.15, 0.2) is 18.2 Å². The molecule has 0 spiro atoms. The molecule has 0 saturated heterocycles. The predicted molar refractivity (Wildman–Crippen MR) is 67.0 cm³/mol. The molecule has 0 fully saturated rings. The van der Waals surface area contributed by atoms with E-state index in [4.69, 9.17) is 11.0 Å². The maximum absolute atomic E-state index is 13.7. The van der Waals surface area contributed by atoms with Crippen molar-refractivity contribution in [3.8, 4) is 6.07 Å². The van der Waals surface area contributed by atoms with Gasteiger partial charge in [-0.1, -0.05) is 12.1 Å². The fraction of sp³-hybridized carbons (Fsp3) is 0.429. The number of nitrogens with zero attached hydrogens (tertiary/aromatic N) is 1. The van der Waals surface area contributed by atoms with Crippen molar-refractivity contribution in [2.24, 2.45) is 11.7 Å². The Kier molecular flexibility index (Phi) is 5.31. The predicted octanol–water partition coefficient (Wildman–Crippen LogP) is 2.34. The molecule has 1 amide bonds. The minimum Gasteiger partial charge on any atom is -0.370 e. The molecule has 0 bridgehead atoms. The van der Waals surface area contributed by atoms with Gasteiger partial charge in [0.2, 0.25) is 5.91 Å². The van der Waals surface area contributed by atoms with E-state index in [-0.39, 0.29) is 17.6 Å². The highest BCUT2D eigenvalue weighted by molar-refractivity contribution is 5.73. The van der Waals surface area contributed by atoms with Crippen LogP contribution in [0.3, 0.4) is 0 Å². The first-order chi connectivity index (χ1) is 8.52. The summed E-state index contributed by atoms with van der Waals surface area (Å²) in [7, 11) is 0. The van der Waals surface area contributed by atoms with Crippen molar-refractivity contribution in [1.82, 2.24) is 0 Å². The lowest BCUT2D eigenvalue weighted by Crippen LogP contribution is -2.10. The van der Waals surface area contributed by atoms with Gasteiger partial charge in [-0.15, -0.1) is 0 Å². The zero-order chi connectivity index (χ0) is 13.5. The Bertz CT molecular complexity index is 465. The average molecular weight is 248 g/mol. The molecule has 4 heteroatoms. The summed E-state index contributed by atoms with van der Waals surface area (Å²) in [4.78, 5) is 10.6. The number of nitrogens with two attached hydrogens (primary N) is 1. The molecule has 1 aromatic carbocycles. The lowest BCUT2D eigenvalue weighted by molar-refractivity contribution is -0.118. The molecule has 1 unspecified atom stereocenters. The van der Waals surface area contributed by atoms with Gasteiger partial charge in [-0.05, 0) is 43.4 Å². The fourth-order valence-corrected chi connectivity index (χ4v) is 1.75. The topological polar surface area (TPSA) is 66.9 Å². The largest absolute Gasteiger partial charge is 0.370 e. The summed E-state index contributed by atoms with van der Waals surface area (Å²) in [6, 6.07) is 7.10. The van der Waals surface area contributed by atoms with Crippen molar-refractivity contribution in [3.05, 3.63) is 35.1 Å². The van der Waals surface area contributed by atoms with Crippen LogP contribution in [0.5, 0.6) is 0 Å². The van der Waals surface area contributed by atoms with Crippen LogP contribution >= 0.6 is 0 Å². The third kappa shape index (κ3) is 4.54. The third-order valence-corrected chi connectivity index (χ3v) is 2.75. The molecule has 0 aromatic heterocycles. The molecule has 1 atom stereocenters. The van der Waals surface area contributed by atoms with Gasteiger partial charge in [0, 0.05) is 12.3 Å². The van der Waals surface area contributed by atoms with E-state index < -0.39 is 0 Å². The van der Waals surface area contributed by atoms with E-state index in [0.29, 0.717) is 31.2 Å². The molecule has 1 aromatic rings. The molecule has 1 rings (SSSR count). The molecule has 18 heavy (non-hydrogen) atoms. The van der Waals surface area contributed by atoms with Crippen LogP contribution in [-0.2, 0) is 17.6 Å². The Hall–Kier alpha value is -1.89. The number of carbonyl (C=O) groups excluding carboxylic acids is 1. The molecule has 0 saturated carbocycles. The highest BCUT2D eigenvalue weighted by atomic mass is 19.1. The van der Waals surface area contributed by atoms with E-state index in [1.807, 2.05) is 6.07 Å². The zero-order valence-corrected chi connectivity index (χ0v) is 10.4. The highest BCUT2D eigenvalue weighted by Crippen LogP contribution is 2.16. The summed E-state index contributed by atoms with van der Waals surface area (Å²) in [5.74, 6) is -0.816. The molecule has 0 aliphatic rings. The van der Waals surface area contributed by atoms with E-state index in [2.05, 4.69) is 6.07 Å². The summed E-state index contributed by atoms with van der Waals surface area (Å²) < 4.78 is 13.7. The average Bonchev–Trinajstić information content (AvgIpc) is 2.32. The van der Waals surface area contributed by atoms with Gasteiger partial charge in [-0.25, -0.2) is 4.39 Å². The summed E-state index contributed by atoms with van der Waals surface area (Å²) in [5, 5.41) is 8.69. The first kappa shape index (κ1) is 14.2. The number of rotatable bonds is 6. The second-order valence-corrected chi connectivity index (χ2v) is 4.48. The van der Waals surface area contributed by atoms with E-state index in [1.165, 1.54) is 6.07 Å². The van der Waals surface area contributed by atoms with Gasteiger partial charge in [-0.2, -0.15) is 5.26 Å². The normalized spacial score (nSPS) is 11.8. The number of nitriles is 1. The first-order valence-corrected chi connectivity index (χ1v) is 5.98. The Morgan fingerprint density at radius 1 is 1.56 bits per heavy atom. The molecule has 0 aliphatic heterocycles. The minimum atomic E-state index is -0.338. The number of hydrogen-bond acceptors (Lipinski definition) is 2. The summed E-state index contributed by atoms with van der Waals surface area (Å²) in [5.41, 5.74) is 6.44. The number of carbonyl (C=O) groups is 1. The highest BCUT2D eigenvalue weighted by Gasteiger charge is 2.08. The van der Waals surface area contributed by atoms with Crippen LogP contribution in [-0.4, -0.2) is 5.91 Å². The van der Waals surface area contributed by atoms with Crippen molar-refractivity contribution in [3.63, 3.8) is 0 Å². The Labute approximate surface area is 106 Å². The third-order valence-electron chi connectivity index (χ3n) is 2.75. The Morgan fingerprint density at radius 2 is 2.28 bits per heavy atom. The number of hydrogen-bond donors (Lipinski definition) is 1. The number of halogens is 1. The van der Waals surface area contributed by atoms with Gasteiger partial charge in [0.1, 0.15) is 5.82 Å². The smallest absolute Gasteiger partial charge is 0.217 e. The maximum Gasteiger partial charge on any atom is 0.217 e. The standard InChI is InChI=1S/C14H17FN2O/c1-10(9-16)7-12-6-5-11(8-13(12)15)3-2-4-14(17)18/h5-6,8,10H,2-4,7H2,1H3,(H2,17,18). The monoisotopic (exact) mass is 248 g/mol.